The van der Waals surface area contributed by atoms with Crippen molar-refractivity contribution in [2.45, 2.75) is 44.4 Å². The first-order chi connectivity index (χ1) is 10.3. The van der Waals surface area contributed by atoms with Crippen LogP contribution < -0.4 is 5.32 Å². The predicted octanol–water partition coefficient (Wildman–Crippen LogP) is 3.26. The highest BCUT2D eigenvalue weighted by Crippen LogP contribution is 2.30. The van der Waals surface area contributed by atoms with E-state index in [9.17, 15) is 4.79 Å². The van der Waals surface area contributed by atoms with E-state index in [4.69, 9.17) is 9.47 Å². The molecule has 1 aromatic heterocycles. The maximum atomic E-state index is 11.5. The van der Waals surface area contributed by atoms with Gasteiger partial charge in [-0.25, -0.2) is 0 Å². The molecule has 0 spiro atoms. The molecule has 1 atom stereocenters. The van der Waals surface area contributed by atoms with Crippen LogP contribution in [0.1, 0.15) is 48.1 Å². The molecule has 2 fully saturated rings. The van der Waals surface area contributed by atoms with Crippen LogP contribution in [0.15, 0.2) is 18.2 Å². The third-order valence-corrected chi connectivity index (χ3v) is 4.85. The molecule has 0 bridgehead atoms. The second kappa shape index (κ2) is 7.20. The van der Waals surface area contributed by atoms with Gasteiger partial charge in [-0.3, -0.25) is 4.79 Å². The van der Waals surface area contributed by atoms with E-state index < -0.39 is 0 Å². The van der Waals surface area contributed by atoms with Gasteiger partial charge >= 0.3 is 0 Å². The van der Waals surface area contributed by atoms with Crippen molar-refractivity contribution in [1.82, 2.24) is 5.32 Å². The van der Waals surface area contributed by atoms with Gasteiger partial charge in [0.1, 0.15) is 0 Å². The molecule has 2 aliphatic heterocycles. The fraction of sp³-hybridized carbons (Fsp3) is 0.562. The standard InChI is InChI=1S/C16H21NO3S/c18-15-7-2-1-4-12(17-15)5-3-6-13-8-9-14(21-13)16-19-10-11-20-16/h3,6,8-9,12,16H,1-2,4-5,7,10-11H2,(H,17,18). The van der Waals surface area contributed by atoms with Gasteiger partial charge in [0.25, 0.3) is 0 Å². The van der Waals surface area contributed by atoms with Crippen molar-refractivity contribution >= 4 is 23.3 Å². The zero-order chi connectivity index (χ0) is 14.5. The van der Waals surface area contributed by atoms with E-state index in [0.717, 1.165) is 30.6 Å². The minimum absolute atomic E-state index is 0.182. The molecule has 1 amide bonds. The highest BCUT2D eigenvalue weighted by molar-refractivity contribution is 7.12. The van der Waals surface area contributed by atoms with E-state index in [-0.39, 0.29) is 18.2 Å². The number of carbonyl (C=O) groups is 1. The Morgan fingerprint density at radius 1 is 1.29 bits per heavy atom. The van der Waals surface area contributed by atoms with Gasteiger partial charge in [0.05, 0.1) is 18.1 Å². The molecule has 3 heterocycles. The minimum Gasteiger partial charge on any atom is -0.353 e. The third kappa shape index (κ3) is 4.15. The van der Waals surface area contributed by atoms with Crippen molar-refractivity contribution in [3.8, 4) is 0 Å². The van der Waals surface area contributed by atoms with Gasteiger partial charge in [0, 0.05) is 17.3 Å². The monoisotopic (exact) mass is 307 g/mol. The van der Waals surface area contributed by atoms with Crippen LogP contribution in [0.3, 0.4) is 0 Å². The van der Waals surface area contributed by atoms with Crippen molar-refractivity contribution < 1.29 is 14.3 Å². The lowest BCUT2D eigenvalue weighted by Crippen LogP contribution is -2.32. The van der Waals surface area contributed by atoms with Crippen LogP contribution >= 0.6 is 11.3 Å². The van der Waals surface area contributed by atoms with E-state index >= 15 is 0 Å². The first-order valence-electron chi connectivity index (χ1n) is 7.60. The molecular weight excluding hydrogens is 286 g/mol. The number of nitrogens with one attached hydrogen (secondary N) is 1. The van der Waals surface area contributed by atoms with Crippen molar-refractivity contribution in [2.24, 2.45) is 0 Å². The highest BCUT2D eigenvalue weighted by Gasteiger charge is 2.19. The Morgan fingerprint density at radius 2 is 2.14 bits per heavy atom. The average Bonchev–Trinajstić information content (AvgIpc) is 3.10. The Balaban J connectivity index is 1.52. The van der Waals surface area contributed by atoms with Crippen LogP contribution in [0.25, 0.3) is 6.08 Å². The molecule has 21 heavy (non-hydrogen) atoms. The smallest absolute Gasteiger partial charge is 0.220 e. The molecule has 1 unspecified atom stereocenters. The molecule has 2 aliphatic rings. The normalized spacial score (nSPS) is 24.4. The Kier molecular flexibility index (Phi) is 5.06. The Hall–Kier alpha value is -1.17. The number of rotatable bonds is 4. The summed E-state index contributed by atoms with van der Waals surface area (Å²) in [6.07, 6.45) is 8.90. The number of amides is 1. The lowest BCUT2D eigenvalue weighted by atomic mass is 10.1. The first kappa shape index (κ1) is 14.8. The summed E-state index contributed by atoms with van der Waals surface area (Å²) in [5.74, 6) is 0.194. The lowest BCUT2D eigenvalue weighted by molar-refractivity contribution is -0.121. The fourth-order valence-corrected chi connectivity index (χ4v) is 3.62. The van der Waals surface area contributed by atoms with Gasteiger partial charge < -0.3 is 14.8 Å². The number of ether oxygens (including phenoxy) is 2. The van der Waals surface area contributed by atoms with Gasteiger partial charge in [-0.2, -0.15) is 0 Å². The maximum absolute atomic E-state index is 11.5. The molecule has 0 saturated carbocycles. The van der Waals surface area contributed by atoms with Gasteiger partial charge in [0.15, 0.2) is 6.29 Å². The Labute approximate surface area is 129 Å². The molecule has 1 N–H and O–H groups in total. The largest absolute Gasteiger partial charge is 0.353 e. The molecular formula is C16H21NO3S. The quantitative estimate of drug-likeness (QED) is 0.929. The second-order valence-electron chi connectivity index (χ2n) is 5.46. The molecule has 3 rings (SSSR count). The Morgan fingerprint density at radius 3 is 3.00 bits per heavy atom. The number of hydrogen-bond acceptors (Lipinski definition) is 4. The topological polar surface area (TPSA) is 47.6 Å². The van der Waals surface area contributed by atoms with Crippen LogP contribution in [-0.2, 0) is 14.3 Å². The van der Waals surface area contributed by atoms with E-state index in [0.29, 0.717) is 19.6 Å². The summed E-state index contributed by atoms with van der Waals surface area (Å²) in [7, 11) is 0. The van der Waals surface area contributed by atoms with Crippen molar-refractivity contribution in [3.05, 3.63) is 28.0 Å². The number of thiophene rings is 1. The van der Waals surface area contributed by atoms with Crippen molar-refractivity contribution in [1.29, 1.82) is 0 Å². The molecule has 0 aromatic carbocycles. The Bertz CT molecular complexity index is 505. The van der Waals surface area contributed by atoms with Crippen LogP contribution in [0.4, 0.5) is 0 Å². The van der Waals surface area contributed by atoms with Crippen LogP contribution in [-0.4, -0.2) is 25.2 Å². The minimum atomic E-state index is -0.182. The molecule has 1 aromatic rings. The molecule has 0 aliphatic carbocycles. The molecule has 2 saturated heterocycles. The van der Waals surface area contributed by atoms with Crippen LogP contribution in [0, 0.1) is 0 Å². The molecule has 4 nitrogen and oxygen atoms in total. The predicted molar refractivity (Wildman–Crippen MR) is 83.0 cm³/mol. The summed E-state index contributed by atoms with van der Waals surface area (Å²) in [5.41, 5.74) is 0. The first-order valence-corrected chi connectivity index (χ1v) is 8.42. The van der Waals surface area contributed by atoms with Gasteiger partial charge in [-0.15, -0.1) is 11.3 Å². The lowest BCUT2D eigenvalue weighted by Gasteiger charge is -2.12. The second-order valence-corrected chi connectivity index (χ2v) is 6.61. The maximum Gasteiger partial charge on any atom is 0.220 e. The summed E-state index contributed by atoms with van der Waals surface area (Å²) in [6.45, 7) is 1.35. The average molecular weight is 307 g/mol. The number of hydrogen-bond donors (Lipinski definition) is 1. The van der Waals surface area contributed by atoms with Gasteiger partial charge in [-0.05, 0) is 37.5 Å². The summed E-state index contributed by atoms with van der Waals surface area (Å²) < 4.78 is 11.0. The summed E-state index contributed by atoms with van der Waals surface area (Å²) in [6, 6.07) is 4.44. The SMILES string of the molecule is O=C1CCCCC(CC=Cc2ccc(C3OCCO3)s2)N1. The van der Waals surface area contributed by atoms with Crippen molar-refractivity contribution in [2.75, 3.05) is 13.2 Å². The summed E-state index contributed by atoms with van der Waals surface area (Å²) >= 11 is 1.70. The molecule has 5 heteroatoms. The highest BCUT2D eigenvalue weighted by atomic mass is 32.1. The zero-order valence-electron chi connectivity index (χ0n) is 12.0. The zero-order valence-corrected chi connectivity index (χ0v) is 12.9. The van der Waals surface area contributed by atoms with E-state index in [1.165, 1.54) is 4.88 Å². The van der Waals surface area contributed by atoms with E-state index in [2.05, 4.69) is 29.6 Å². The van der Waals surface area contributed by atoms with E-state index in [1.807, 2.05) is 0 Å². The van der Waals surface area contributed by atoms with Crippen LogP contribution in [0.5, 0.6) is 0 Å². The van der Waals surface area contributed by atoms with E-state index in [1.54, 1.807) is 11.3 Å². The van der Waals surface area contributed by atoms with Gasteiger partial charge in [-0.1, -0.05) is 12.5 Å². The fourth-order valence-electron chi connectivity index (χ4n) is 2.68. The molecule has 114 valence electrons. The van der Waals surface area contributed by atoms with Crippen LogP contribution in [0.2, 0.25) is 0 Å². The number of carbonyl (C=O) groups excluding carboxylic acids is 1. The third-order valence-electron chi connectivity index (χ3n) is 3.78. The summed E-state index contributed by atoms with van der Waals surface area (Å²) in [5, 5.41) is 3.09. The summed E-state index contributed by atoms with van der Waals surface area (Å²) in [4.78, 5) is 13.8. The van der Waals surface area contributed by atoms with Gasteiger partial charge in [0.2, 0.25) is 5.91 Å². The molecule has 0 radical (unpaired) electrons. The van der Waals surface area contributed by atoms with Crippen molar-refractivity contribution in [3.63, 3.8) is 0 Å².